The zero-order valence-corrected chi connectivity index (χ0v) is 27.5. The summed E-state index contributed by atoms with van der Waals surface area (Å²) >= 11 is 0. The normalized spacial score (nSPS) is 19.3. The Morgan fingerprint density at radius 3 is 2.08 bits per heavy atom. The molecule has 1 aliphatic heterocycles. The van der Waals surface area contributed by atoms with Gasteiger partial charge in [-0.3, -0.25) is 24.0 Å². The zero-order valence-electron chi connectivity index (χ0n) is 27.5. The van der Waals surface area contributed by atoms with Crippen LogP contribution in [0.15, 0.2) is 36.4 Å². The minimum Gasteiger partial charge on any atom is -0.508 e. The molecule has 0 spiro atoms. The zero-order chi connectivity index (χ0) is 36.1. The lowest BCUT2D eigenvalue weighted by Crippen LogP contribution is -2.58. The molecule has 0 aromatic heterocycles. The van der Waals surface area contributed by atoms with E-state index in [-0.39, 0.29) is 62.3 Å². The summed E-state index contributed by atoms with van der Waals surface area (Å²) in [6.45, 7) is 0.736. The number of rotatable bonds is 14. The number of nitrogens with two attached hydrogens (primary N) is 5. The summed E-state index contributed by atoms with van der Waals surface area (Å²) in [5.74, 6) is -3.73. The molecule has 0 aliphatic carbocycles. The van der Waals surface area contributed by atoms with Crippen molar-refractivity contribution in [3.8, 4) is 22.6 Å². The highest BCUT2D eigenvalue weighted by atomic mass is 16.3. The maximum Gasteiger partial charge on any atom is 0.243 e. The third kappa shape index (κ3) is 11.7. The highest BCUT2D eigenvalue weighted by molar-refractivity contribution is 5.95. The first-order valence-corrected chi connectivity index (χ1v) is 16.4. The van der Waals surface area contributed by atoms with Crippen LogP contribution in [0.4, 0.5) is 0 Å². The molecule has 16 heteroatoms. The van der Waals surface area contributed by atoms with Gasteiger partial charge in [-0.1, -0.05) is 12.1 Å². The molecule has 0 fully saturated rings. The van der Waals surface area contributed by atoms with Crippen LogP contribution in [0.2, 0.25) is 0 Å². The van der Waals surface area contributed by atoms with Crippen LogP contribution in [0.1, 0.15) is 49.7 Å². The lowest BCUT2D eigenvalue weighted by atomic mass is 9.95. The predicted molar refractivity (Wildman–Crippen MR) is 182 cm³/mol. The van der Waals surface area contributed by atoms with Crippen molar-refractivity contribution in [3.05, 3.63) is 47.5 Å². The van der Waals surface area contributed by atoms with Gasteiger partial charge in [-0.2, -0.15) is 0 Å². The minimum atomic E-state index is -1.37. The van der Waals surface area contributed by atoms with Crippen molar-refractivity contribution < 1.29 is 34.2 Å². The van der Waals surface area contributed by atoms with Gasteiger partial charge in [0.2, 0.25) is 29.5 Å². The van der Waals surface area contributed by atoms with E-state index >= 15 is 0 Å². The van der Waals surface area contributed by atoms with Crippen LogP contribution >= 0.6 is 0 Å². The maximum atomic E-state index is 13.9. The smallest absolute Gasteiger partial charge is 0.243 e. The molecular weight excluding hydrogens is 634 g/mol. The minimum absolute atomic E-state index is 0.0423. The van der Waals surface area contributed by atoms with Gasteiger partial charge in [0, 0.05) is 31.8 Å². The van der Waals surface area contributed by atoms with E-state index in [4.69, 9.17) is 28.7 Å². The first kappa shape index (κ1) is 38.7. The SMILES string of the molecule is NCCC[C@H](N)CNC(=O)[C@H](CCC(N)=O)NC(=O)[C@@H]1Cc2cc(ccc2O)-c2ccc(O)c(c2)C[C@H](N)C(=O)N[C@@H](CCCN)C(=O)N1. The summed E-state index contributed by atoms with van der Waals surface area (Å²) in [6, 6.07) is 4.22. The largest absolute Gasteiger partial charge is 0.508 e. The van der Waals surface area contributed by atoms with Crippen molar-refractivity contribution in [2.45, 2.75) is 81.6 Å². The van der Waals surface area contributed by atoms with Gasteiger partial charge in [0.05, 0.1) is 6.04 Å². The van der Waals surface area contributed by atoms with Crippen molar-refractivity contribution in [3.63, 3.8) is 0 Å². The molecule has 0 saturated heterocycles. The molecular formula is C33H49N9O7. The lowest BCUT2D eigenvalue weighted by Gasteiger charge is -2.26. The average molecular weight is 684 g/mol. The van der Waals surface area contributed by atoms with Gasteiger partial charge in [-0.15, -0.1) is 0 Å². The molecule has 5 atom stereocenters. The van der Waals surface area contributed by atoms with Gasteiger partial charge < -0.3 is 60.1 Å². The molecule has 0 saturated carbocycles. The monoisotopic (exact) mass is 683 g/mol. The molecule has 1 heterocycles. The highest BCUT2D eigenvalue weighted by Gasteiger charge is 2.32. The number of nitrogens with one attached hydrogen (secondary N) is 4. The Hall–Kier alpha value is -4.77. The summed E-state index contributed by atoms with van der Waals surface area (Å²) in [7, 11) is 0. The fraction of sp³-hybridized carbons (Fsp3) is 0.485. The molecule has 4 bridgehead atoms. The first-order valence-electron chi connectivity index (χ1n) is 16.4. The number of hydrogen-bond acceptors (Lipinski definition) is 11. The van der Waals surface area contributed by atoms with Crippen molar-refractivity contribution >= 4 is 29.5 Å². The van der Waals surface area contributed by atoms with Crippen LogP contribution in [0.25, 0.3) is 11.1 Å². The summed E-state index contributed by atoms with van der Waals surface area (Å²) in [5.41, 5.74) is 30.7. The Bertz CT molecular complexity index is 1490. The van der Waals surface area contributed by atoms with E-state index in [1.54, 1.807) is 24.3 Å². The molecule has 268 valence electrons. The van der Waals surface area contributed by atoms with E-state index in [0.29, 0.717) is 42.5 Å². The number of primary amides is 1. The van der Waals surface area contributed by atoms with Crippen LogP contribution in [0.5, 0.6) is 11.5 Å². The number of hydrogen-bond donors (Lipinski definition) is 11. The van der Waals surface area contributed by atoms with Crippen molar-refractivity contribution in [2.24, 2.45) is 28.7 Å². The Kier molecular flexibility index (Phi) is 14.8. The summed E-state index contributed by atoms with van der Waals surface area (Å²) in [5, 5.41) is 31.9. The van der Waals surface area contributed by atoms with Crippen molar-refractivity contribution in [2.75, 3.05) is 19.6 Å². The number of benzene rings is 2. The Morgan fingerprint density at radius 1 is 0.878 bits per heavy atom. The Morgan fingerprint density at radius 2 is 1.49 bits per heavy atom. The van der Waals surface area contributed by atoms with Gasteiger partial charge >= 0.3 is 0 Å². The molecule has 3 rings (SSSR count). The van der Waals surface area contributed by atoms with Gasteiger partial charge in [-0.25, -0.2) is 0 Å². The van der Waals surface area contributed by atoms with Crippen LogP contribution < -0.4 is 49.9 Å². The molecule has 16 N–H and O–H groups in total. The van der Waals surface area contributed by atoms with Gasteiger partial charge in [0.1, 0.15) is 29.6 Å². The van der Waals surface area contributed by atoms with Gasteiger partial charge in [-0.05, 0) is 91.7 Å². The van der Waals surface area contributed by atoms with E-state index in [1.165, 1.54) is 12.1 Å². The molecule has 5 amide bonds. The van der Waals surface area contributed by atoms with E-state index in [9.17, 15) is 34.2 Å². The second-order valence-corrected chi connectivity index (χ2v) is 12.3. The number of phenols is 2. The van der Waals surface area contributed by atoms with E-state index in [0.717, 1.165) is 0 Å². The first-order chi connectivity index (χ1) is 23.3. The number of fused-ring (bicyclic) bond motifs is 5. The van der Waals surface area contributed by atoms with E-state index in [1.807, 2.05) is 0 Å². The van der Waals surface area contributed by atoms with Gasteiger partial charge in [0.15, 0.2) is 0 Å². The van der Waals surface area contributed by atoms with Crippen LogP contribution in [-0.2, 0) is 36.8 Å². The number of carbonyl (C=O) groups is 5. The Labute approximate surface area is 284 Å². The molecule has 0 radical (unpaired) electrons. The molecule has 2 aromatic rings. The third-order valence-corrected chi connectivity index (χ3v) is 8.29. The maximum absolute atomic E-state index is 13.9. The van der Waals surface area contributed by atoms with Crippen LogP contribution in [0.3, 0.4) is 0 Å². The second kappa shape index (κ2) is 18.7. The van der Waals surface area contributed by atoms with Crippen LogP contribution in [0, 0.1) is 0 Å². The fourth-order valence-corrected chi connectivity index (χ4v) is 5.42. The average Bonchev–Trinajstić information content (AvgIpc) is 3.07. The highest BCUT2D eigenvalue weighted by Crippen LogP contribution is 2.31. The standard InChI is InChI=1S/C33H49N9O7/c34-11-1-3-22(36)17-39-31(47)25(7-10-29(38)45)41-33(49)26-16-21-14-19(6-9-28(21)44)18-5-8-27(43)20(13-18)15-23(37)30(46)40-24(4-2-12-35)32(48)42-26/h5-6,8-9,13-14,22-26,43-44H,1-4,7,10-12,15-17,34-37H2,(H2,38,45)(H,39,47)(H,40,46)(H,41,49)(H,42,48)/t22-,23-,24-,25-,26-/m0/s1. The molecule has 0 unspecified atom stereocenters. The fourth-order valence-electron chi connectivity index (χ4n) is 5.42. The van der Waals surface area contributed by atoms with E-state index in [2.05, 4.69) is 21.3 Å². The van der Waals surface area contributed by atoms with Crippen LogP contribution in [-0.4, -0.2) is 89.6 Å². The summed E-state index contributed by atoms with van der Waals surface area (Å²) in [6.07, 6.45) is 1.04. The van der Waals surface area contributed by atoms with Crippen molar-refractivity contribution in [1.29, 1.82) is 0 Å². The number of phenolic OH excluding ortho intramolecular Hbond substituents is 2. The molecule has 1 aliphatic rings. The predicted octanol–water partition coefficient (Wildman–Crippen LogP) is -2.17. The van der Waals surface area contributed by atoms with Crippen molar-refractivity contribution in [1.82, 2.24) is 21.3 Å². The lowest BCUT2D eigenvalue weighted by molar-refractivity contribution is -0.134. The summed E-state index contributed by atoms with van der Waals surface area (Å²) < 4.78 is 0. The number of carbonyl (C=O) groups excluding carboxylic acids is 5. The molecule has 2 aromatic carbocycles. The topological polar surface area (TPSA) is 304 Å². The van der Waals surface area contributed by atoms with E-state index < -0.39 is 59.7 Å². The third-order valence-electron chi connectivity index (χ3n) is 8.29. The Balaban J connectivity index is 2.01. The quantitative estimate of drug-likeness (QED) is 0.102. The number of amides is 5. The number of aromatic hydroxyl groups is 2. The molecule has 49 heavy (non-hydrogen) atoms. The van der Waals surface area contributed by atoms with Gasteiger partial charge in [0.25, 0.3) is 0 Å². The second-order valence-electron chi connectivity index (χ2n) is 12.3. The molecule has 16 nitrogen and oxygen atoms in total. The summed E-state index contributed by atoms with van der Waals surface area (Å²) in [4.78, 5) is 65.6.